The molecule has 0 aliphatic carbocycles. The summed E-state index contributed by atoms with van der Waals surface area (Å²) in [5.74, 6) is 0.122. The number of likely N-dealkylation sites (tertiary alicyclic amines) is 1. The number of nitrogens with zero attached hydrogens (tertiary/aromatic N) is 1. The Bertz CT molecular complexity index is 765. The summed E-state index contributed by atoms with van der Waals surface area (Å²) in [6.45, 7) is 5.25. The van der Waals surface area contributed by atoms with Crippen LogP contribution >= 0.6 is 0 Å². The number of piperidine rings is 1. The highest BCUT2D eigenvalue weighted by molar-refractivity contribution is 5.94. The molecule has 4 nitrogen and oxygen atoms in total. The molecule has 1 N–H and O–H groups in total. The lowest BCUT2D eigenvalue weighted by Crippen LogP contribution is -2.43. The van der Waals surface area contributed by atoms with Crippen LogP contribution in [0.2, 0.25) is 0 Å². The molecule has 0 aromatic heterocycles. The third-order valence-electron chi connectivity index (χ3n) is 5.08. The van der Waals surface area contributed by atoms with Gasteiger partial charge in [-0.25, -0.2) is 0 Å². The summed E-state index contributed by atoms with van der Waals surface area (Å²) >= 11 is 0. The van der Waals surface area contributed by atoms with Crippen molar-refractivity contribution in [3.05, 3.63) is 71.3 Å². The van der Waals surface area contributed by atoms with Gasteiger partial charge in [-0.3, -0.25) is 9.59 Å². The first-order valence-corrected chi connectivity index (χ1v) is 9.26. The first kappa shape index (κ1) is 18.2. The third-order valence-corrected chi connectivity index (χ3v) is 5.08. The molecule has 1 atom stereocenters. The Kier molecular flexibility index (Phi) is 5.71. The summed E-state index contributed by atoms with van der Waals surface area (Å²) in [5.41, 5.74) is 2.92. The molecule has 1 aliphatic heterocycles. The zero-order valence-corrected chi connectivity index (χ0v) is 15.4. The van der Waals surface area contributed by atoms with E-state index in [1.807, 2.05) is 73.3 Å². The number of carbonyl (C=O) groups is 2. The number of rotatable bonds is 4. The third kappa shape index (κ3) is 4.31. The summed E-state index contributed by atoms with van der Waals surface area (Å²) in [6, 6.07) is 17.6. The Hall–Kier alpha value is -2.62. The van der Waals surface area contributed by atoms with E-state index in [9.17, 15) is 9.59 Å². The number of benzene rings is 2. The SMILES string of the molecule is Cc1cccc(C(=O)N2CCC(C(=O)NC(C)c3ccccc3)CC2)c1. The van der Waals surface area contributed by atoms with Gasteiger partial charge in [-0.2, -0.15) is 0 Å². The van der Waals surface area contributed by atoms with Crippen LogP contribution in [0.4, 0.5) is 0 Å². The van der Waals surface area contributed by atoms with Gasteiger partial charge in [-0.1, -0.05) is 48.0 Å². The molecule has 26 heavy (non-hydrogen) atoms. The molecule has 2 aromatic carbocycles. The predicted molar refractivity (Wildman–Crippen MR) is 103 cm³/mol. The fraction of sp³-hybridized carbons (Fsp3) is 0.364. The van der Waals surface area contributed by atoms with Crippen LogP contribution in [0.15, 0.2) is 54.6 Å². The van der Waals surface area contributed by atoms with Crippen LogP contribution < -0.4 is 5.32 Å². The number of nitrogens with one attached hydrogen (secondary N) is 1. The Morgan fingerprint density at radius 2 is 1.73 bits per heavy atom. The fourth-order valence-corrected chi connectivity index (χ4v) is 3.46. The van der Waals surface area contributed by atoms with Crippen molar-refractivity contribution in [2.24, 2.45) is 5.92 Å². The minimum Gasteiger partial charge on any atom is -0.349 e. The van der Waals surface area contributed by atoms with E-state index >= 15 is 0 Å². The normalized spacial score (nSPS) is 16.2. The van der Waals surface area contributed by atoms with Gasteiger partial charge in [0, 0.05) is 24.6 Å². The quantitative estimate of drug-likeness (QED) is 0.913. The Morgan fingerprint density at radius 3 is 2.38 bits per heavy atom. The van der Waals surface area contributed by atoms with E-state index in [0.29, 0.717) is 25.9 Å². The summed E-state index contributed by atoms with van der Waals surface area (Å²) < 4.78 is 0. The van der Waals surface area contributed by atoms with Gasteiger partial charge in [0.05, 0.1) is 6.04 Å². The minimum atomic E-state index is -0.0253. The van der Waals surface area contributed by atoms with Crippen molar-refractivity contribution < 1.29 is 9.59 Å². The van der Waals surface area contributed by atoms with Crippen molar-refractivity contribution in [3.63, 3.8) is 0 Å². The molecule has 1 fully saturated rings. The molecule has 1 saturated heterocycles. The van der Waals surface area contributed by atoms with E-state index in [1.165, 1.54) is 0 Å². The number of aryl methyl sites for hydroxylation is 1. The van der Waals surface area contributed by atoms with Crippen LogP contribution in [-0.4, -0.2) is 29.8 Å². The van der Waals surface area contributed by atoms with Crippen molar-refractivity contribution in [1.29, 1.82) is 0 Å². The lowest BCUT2D eigenvalue weighted by molar-refractivity contribution is -0.126. The molecular formula is C22H26N2O2. The molecule has 0 radical (unpaired) electrons. The number of hydrogen-bond acceptors (Lipinski definition) is 2. The zero-order chi connectivity index (χ0) is 18.5. The zero-order valence-electron chi connectivity index (χ0n) is 15.4. The molecule has 1 aliphatic rings. The highest BCUT2D eigenvalue weighted by Gasteiger charge is 2.28. The monoisotopic (exact) mass is 350 g/mol. The molecule has 4 heteroatoms. The lowest BCUT2D eigenvalue weighted by atomic mass is 9.94. The molecule has 0 spiro atoms. The molecule has 3 rings (SSSR count). The summed E-state index contributed by atoms with van der Waals surface area (Å²) in [7, 11) is 0. The molecule has 136 valence electrons. The lowest BCUT2D eigenvalue weighted by Gasteiger charge is -2.32. The Labute approximate surface area is 155 Å². The number of amides is 2. The average Bonchev–Trinajstić information content (AvgIpc) is 2.68. The molecule has 1 heterocycles. The highest BCUT2D eigenvalue weighted by Crippen LogP contribution is 2.21. The molecular weight excluding hydrogens is 324 g/mol. The van der Waals surface area contributed by atoms with Gasteiger partial charge in [0.1, 0.15) is 0 Å². The average molecular weight is 350 g/mol. The maximum atomic E-state index is 12.6. The standard InChI is InChI=1S/C22H26N2O2/c1-16-7-6-10-20(15-16)22(26)24-13-11-19(12-14-24)21(25)23-17(2)18-8-4-3-5-9-18/h3-10,15,17,19H,11-14H2,1-2H3,(H,23,25). The largest absolute Gasteiger partial charge is 0.349 e. The maximum Gasteiger partial charge on any atom is 0.253 e. The van der Waals surface area contributed by atoms with Crippen LogP contribution in [0.1, 0.15) is 47.3 Å². The van der Waals surface area contributed by atoms with Gasteiger partial charge in [-0.15, -0.1) is 0 Å². The molecule has 2 amide bonds. The van der Waals surface area contributed by atoms with E-state index in [4.69, 9.17) is 0 Å². The van der Waals surface area contributed by atoms with Crippen molar-refractivity contribution in [3.8, 4) is 0 Å². The van der Waals surface area contributed by atoms with Gasteiger partial charge in [-0.05, 0) is 44.4 Å². The Balaban J connectivity index is 1.53. The second-order valence-electron chi connectivity index (χ2n) is 7.08. The van der Waals surface area contributed by atoms with E-state index < -0.39 is 0 Å². The van der Waals surface area contributed by atoms with Gasteiger partial charge < -0.3 is 10.2 Å². The maximum absolute atomic E-state index is 12.6. The van der Waals surface area contributed by atoms with E-state index in [2.05, 4.69) is 5.32 Å². The van der Waals surface area contributed by atoms with Crippen molar-refractivity contribution >= 4 is 11.8 Å². The van der Waals surface area contributed by atoms with Gasteiger partial charge >= 0.3 is 0 Å². The minimum absolute atomic E-state index is 0.00402. The number of hydrogen-bond donors (Lipinski definition) is 1. The second-order valence-corrected chi connectivity index (χ2v) is 7.08. The van der Waals surface area contributed by atoms with Gasteiger partial charge in [0.2, 0.25) is 5.91 Å². The second kappa shape index (κ2) is 8.17. The number of carbonyl (C=O) groups excluding carboxylic acids is 2. The van der Waals surface area contributed by atoms with Crippen molar-refractivity contribution in [2.45, 2.75) is 32.7 Å². The molecule has 2 aromatic rings. The van der Waals surface area contributed by atoms with Gasteiger partial charge in [0.15, 0.2) is 0 Å². The van der Waals surface area contributed by atoms with E-state index in [1.54, 1.807) is 0 Å². The van der Waals surface area contributed by atoms with Crippen LogP contribution in [-0.2, 0) is 4.79 Å². The van der Waals surface area contributed by atoms with E-state index in [0.717, 1.165) is 16.7 Å². The highest BCUT2D eigenvalue weighted by atomic mass is 16.2. The van der Waals surface area contributed by atoms with Gasteiger partial charge in [0.25, 0.3) is 5.91 Å². The van der Waals surface area contributed by atoms with Crippen molar-refractivity contribution in [1.82, 2.24) is 10.2 Å². The summed E-state index contributed by atoms with van der Waals surface area (Å²) in [6.07, 6.45) is 1.43. The molecule has 1 unspecified atom stereocenters. The summed E-state index contributed by atoms with van der Waals surface area (Å²) in [5, 5.41) is 3.11. The molecule has 0 saturated carbocycles. The topological polar surface area (TPSA) is 49.4 Å². The Morgan fingerprint density at radius 1 is 1.04 bits per heavy atom. The van der Waals surface area contributed by atoms with Crippen molar-refractivity contribution in [2.75, 3.05) is 13.1 Å². The van der Waals surface area contributed by atoms with Crippen LogP contribution in [0.25, 0.3) is 0 Å². The fourth-order valence-electron chi connectivity index (χ4n) is 3.46. The van der Waals surface area contributed by atoms with E-state index in [-0.39, 0.29) is 23.8 Å². The first-order chi connectivity index (χ1) is 12.5. The predicted octanol–water partition coefficient (Wildman–Crippen LogP) is 3.72. The molecule has 0 bridgehead atoms. The first-order valence-electron chi connectivity index (χ1n) is 9.26. The van der Waals surface area contributed by atoms with Crippen LogP contribution in [0.5, 0.6) is 0 Å². The smallest absolute Gasteiger partial charge is 0.253 e. The summed E-state index contributed by atoms with van der Waals surface area (Å²) in [4.78, 5) is 27.0. The van der Waals surface area contributed by atoms with Crippen LogP contribution in [0.3, 0.4) is 0 Å². The van der Waals surface area contributed by atoms with Crippen LogP contribution in [0, 0.1) is 12.8 Å².